The van der Waals surface area contributed by atoms with Crippen LogP contribution in [0.5, 0.6) is 5.75 Å². The lowest BCUT2D eigenvalue weighted by molar-refractivity contribution is -0.274. The summed E-state index contributed by atoms with van der Waals surface area (Å²) in [4.78, 5) is 31.1. The Morgan fingerprint density at radius 1 is 1.04 bits per heavy atom. The lowest BCUT2D eigenvalue weighted by atomic mass is 10.2. The summed E-state index contributed by atoms with van der Waals surface area (Å²) in [7, 11) is 0. The van der Waals surface area contributed by atoms with Crippen molar-refractivity contribution < 1.29 is 27.5 Å². The number of nitrogens with zero attached hydrogens (tertiary/aromatic N) is 1. The number of carbonyl (C=O) groups excluding carboxylic acids is 2. The molecule has 0 saturated carbocycles. The summed E-state index contributed by atoms with van der Waals surface area (Å²) in [6, 6.07) is 11.5. The molecule has 0 saturated heterocycles. The van der Waals surface area contributed by atoms with Crippen LogP contribution in [0.4, 0.5) is 13.2 Å². The Morgan fingerprint density at radius 3 is 2.41 bits per heavy atom. The predicted molar refractivity (Wildman–Crippen MR) is 88.5 cm³/mol. The zero-order chi connectivity index (χ0) is 19.4. The van der Waals surface area contributed by atoms with Crippen molar-refractivity contribution >= 4 is 22.8 Å². The molecule has 0 aliphatic heterocycles. The van der Waals surface area contributed by atoms with Gasteiger partial charge in [-0.1, -0.05) is 12.1 Å². The van der Waals surface area contributed by atoms with Crippen molar-refractivity contribution in [1.29, 1.82) is 0 Å². The number of imidazole rings is 1. The van der Waals surface area contributed by atoms with Gasteiger partial charge in [0.15, 0.2) is 0 Å². The van der Waals surface area contributed by atoms with E-state index in [9.17, 15) is 22.8 Å². The number of hydrogen-bond acceptors (Lipinski definition) is 4. The molecule has 2 aromatic carbocycles. The number of benzene rings is 2. The van der Waals surface area contributed by atoms with Crippen LogP contribution in [0.15, 0.2) is 48.5 Å². The summed E-state index contributed by atoms with van der Waals surface area (Å²) in [5.74, 6) is -1.23. The third kappa shape index (κ3) is 4.97. The number of hydrogen-bond donors (Lipinski definition) is 3. The van der Waals surface area contributed by atoms with Gasteiger partial charge in [-0.25, -0.2) is 4.98 Å². The summed E-state index contributed by atoms with van der Waals surface area (Å²) in [5, 5.41) is 0. The summed E-state index contributed by atoms with van der Waals surface area (Å²) in [6.45, 7) is 0. The van der Waals surface area contributed by atoms with E-state index in [4.69, 9.17) is 0 Å². The number of H-pyrrole nitrogens is 1. The maximum Gasteiger partial charge on any atom is 0.573 e. The highest BCUT2D eigenvalue weighted by molar-refractivity contribution is 5.95. The first-order chi connectivity index (χ1) is 12.8. The van der Waals surface area contributed by atoms with Crippen molar-refractivity contribution in [2.75, 3.05) is 0 Å². The molecule has 1 aromatic heterocycles. The van der Waals surface area contributed by atoms with E-state index in [1.54, 1.807) is 6.07 Å². The maximum atomic E-state index is 12.1. The molecule has 0 unspecified atom stereocenters. The lowest BCUT2D eigenvalue weighted by Gasteiger charge is -2.10. The van der Waals surface area contributed by atoms with Gasteiger partial charge in [-0.05, 0) is 36.4 Å². The monoisotopic (exact) mass is 378 g/mol. The van der Waals surface area contributed by atoms with Crippen LogP contribution in [-0.2, 0) is 11.2 Å². The number of aromatic nitrogens is 2. The average molecular weight is 378 g/mol. The highest BCUT2D eigenvalue weighted by atomic mass is 19.4. The van der Waals surface area contributed by atoms with Crippen LogP contribution in [0.25, 0.3) is 11.0 Å². The predicted octanol–water partition coefficient (Wildman–Crippen LogP) is 2.47. The van der Waals surface area contributed by atoms with Gasteiger partial charge in [0.05, 0.1) is 17.5 Å². The van der Waals surface area contributed by atoms with Crippen molar-refractivity contribution in [3.8, 4) is 5.75 Å². The first kappa shape index (κ1) is 18.2. The molecule has 140 valence electrons. The van der Waals surface area contributed by atoms with Gasteiger partial charge in [0.2, 0.25) is 5.91 Å². The van der Waals surface area contributed by atoms with E-state index in [0.29, 0.717) is 11.3 Å². The van der Waals surface area contributed by atoms with Crippen molar-refractivity contribution in [1.82, 2.24) is 20.8 Å². The minimum Gasteiger partial charge on any atom is -0.406 e. The smallest absolute Gasteiger partial charge is 0.406 e. The van der Waals surface area contributed by atoms with Crippen LogP contribution in [0, 0.1) is 0 Å². The number of aromatic amines is 1. The highest BCUT2D eigenvalue weighted by Crippen LogP contribution is 2.22. The van der Waals surface area contributed by atoms with Gasteiger partial charge in [0.1, 0.15) is 11.6 Å². The zero-order valence-electron chi connectivity index (χ0n) is 13.6. The number of para-hydroxylation sites is 2. The van der Waals surface area contributed by atoms with Crippen LogP contribution in [0.3, 0.4) is 0 Å². The molecular formula is C17H13F3N4O3. The molecule has 7 nitrogen and oxygen atoms in total. The van der Waals surface area contributed by atoms with E-state index < -0.39 is 23.9 Å². The largest absolute Gasteiger partial charge is 0.573 e. The fourth-order valence-corrected chi connectivity index (χ4v) is 2.29. The van der Waals surface area contributed by atoms with Gasteiger partial charge < -0.3 is 9.72 Å². The van der Waals surface area contributed by atoms with Crippen molar-refractivity contribution in [3.05, 3.63) is 59.9 Å². The quantitative estimate of drug-likeness (QED) is 0.608. The molecule has 0 bridgehead atoms. The molecule has 0 spiro atoms. The summed E-state index contributed by atoms with van der Waals surface area (Å²) < 4.78 is 40.0. The highest BCUT2D eigenvalue weighted by Gasteiger charge is 2.31. The van der Waals surface area contributed by atoms with E-state index in [0.717, 1.165) is 29.8 Å². The minimum atomic E-state index is -4.81. The molecule has 3 N–H and O–H groups in total. The average Bonchev–Trinajstić information content (AvgIpc) is 3.01. The summed E-state index contributed by atoms with van der Waals surface area (Å²) >= 11 is 0. The van der Waals surface area contributed by atoms with Gasteiger partial charge in [-0.3, -0.25) is 20.4 Å². The van der Waals surface area contributed by atoms with Gasteiger partial charge in [-0.2, -0.15) is 0 Å². The van der Waals surface area contributed by atoms with Crippen LogP contribution >= 0.6 is 0 Å². The van der Waals surface area contributed by atoms with Crippen molar-refractivity contribution in [2.45, 2.75) is 12.8 Å². The fourth-order valence-electron chi connectivity index (χ4n) is 2.29. The standard InChI is InChI=1S/C17H13F3N4O3/c18-17(19,20)27-11-7-5-10(6-8-11)16(26)24-23-15(25)9-14-21-12-3-1-2-4-13(12)22-14/h1-8H,9H2,(H,21,22)(H,23,25)(H,24,26). The van der Waals surface area contributed by atoms with Crippen LogP contribution in [0.2, 0.25) is 0 Å². The van der Waals surface area contributed by atoms with Crippen molar-refractivity contribution in [2.24, 2.45) is 0 Å². The second-order valence-corrected chi connectivity index (χ2v) is 5.45. The number of carbonyl (C=O) groups is 2. The maximum absolute atomic E-state index is 12.1. The number of rotatable bonds is 4. The fraction of sp³-hybridized carbons (Fsp3) is 0.118. The van der Waals surface area contributed by atoms with Gasteiger partial charge >= 0.3 is 6.36 Å². The molecule has 1 heterocycles. The van der Waals surface area contributed by atoms with Gasteiger partial charge in [0, 0.05) is 5.56 Å². The Kier molecular flexibility index (Phi) is 4.97. The van der Waals surface area contributed by atoms with Gasteiger partial charge in [-0.15, -0.1) is 13.2 Å². The number of hydrazine groups is 1. The Balaban J connectivity index is 1.53. The molecule has 0 fully saturated rings. The summed E-state index contributed by atoms with van der Waals surface area (Å²) in [5.41, 5.74) is 5.94. The van der Waals surface area contributed by atoms with Crippen molar-refractivity contribution in [3.63, 3.8) is 0 Å². The van der Waals surface area contributed by atoms with E-state index in [-0.39, 0.29) is 12.0 Å². The summed E-state index contributed by atoms with van der Waals surface area (Å²) in [6.07, 6.45) is -4.90. The Bertz CT molecular complexity index is 934. The lowest BCUT2D eigenvalue weighted by Crippen LogP contribution is -2.42. The number of ether oxygens (including phenoxy) is 1. The molecule has 0 aliphatic carbocycles. The topological polar surface area (TPSA) is 96.1 Å². The number of alkyl halides is 3. The molecule has 0 aliphatic rings. The molecular weight excluding hydrogens is 365 g/mol. The Labute approximate surface area is 150 Å². The number of halogens is 3. The van der Waals surface area contributed by atoms with E-state index in [2.05, 4.69) is 25.6 Å². The molecule has 10 heteroatoms. The van der Waals surface area contributed by atoms with Gasteiger partial charge in [0.25, 0.3) is 5.91 Å². The molecule has 0 atom stereocenters. The van der Waals surface area contributed by atoms with Crippen LogP contribution < -0.4 is 15.6 Å². The third-order valence-corrected chi connectivity index (χ3v) is 3.43. The third-order valence-electron chi connectivity index (χ3n) is 3.43. The van der Waals surface area contributed by atoms with E-state index in [1.807, 2.05) is 18.2 Å². The molecule has 0 radical (unpaired) electrons. The minimum absolute atomic E-state index is 0.0496. The molecule has 3 rings (SSSR count). The Morgan fingerprint density at radius 2 is 1.74 bits per heavy atom. The Hall–Kier alpha value is -3.56. The van der Waals surface area contributed by atoms with E-state index in [1.165, 1.54) is 0 Å². The normalized spacial score (nSPS) is 11.2. The van der Waals surface area contributed by atoms with Crippen LogP contribution in [0.1, 0.15) is 16.2 Å². The molecule has 3 aromatic rings. The molecule has 2 amide bonds. The first-order valence-corrected chi connectivity index (χ1v) is 7.69. The second kappa shape index (κ2) is 7.36. The first-order valence-electron chi connectivity index (χ1n) is 7.69. The molecule has 27 heavy (non-hydrogen) atoms. The SMILES string of the molecule is O=C(Cc1nc2ccccc2[nH]1)NNC(=O)c1ccc(OC(F)(F)F)cc1. The zero-order valence-corrected chi connectivity index (χ0v) is 13.6. The number of fused-ring (bicyclic) bond motifs is 1. The van der Waals surface area contributed by atoms with E-state index >= 15 is 0 Å². The van der Waals surface area contributed by atoms with Crippen LogP contribution in [-0.4, -0.2) is 28.1 Å². The second-order valence-electron chi connectivity index (χ2n) is 5.45. The number of amides is 2. The number of nitrogens with one attached hydrogen (secondary N) is 3.